The molecule has 0 bridgehead atoms. The summed E-state index contributed by atoms with van der Waals surface area (Å²) in [7, 11) is -3.38. The van der Waals surface area contributed by atoms with Gasteiger partial charge in [0.1, 0.15) is 0 Å². The molecule has 0 radical (unpaired) electrons. The molecule has 1 aromatic heterocycles. The van der Waals surface area contributed by atoms with Crippen molar-refractivity contribution >= 4 is 21.4 Å². The molecule has 1 saturated heterocycles. The maximum absolute atomic E-state index is 12.1. The topological polar surface area (TPSA) is 72.0 Å². The van der Waals surface area contributed by atoms with E-state index in [4.69, 9.17) is 11.6 Å². The minimum atomic E-state index is -3.38. The van der Waals surface area contributed by atoms with Crippen molar-refractivity contribution in [1.82, 2.24) is 15.3 Å². The quantitative estimate of drug-likeness (QED) is 0.659. The average molecular weight is 276 g/mol. The zero-order chi connectivity index (χ0) is 12.3. The van der Waals surface area contributed by atoms with Gasteiger partial charge in [-0.1, -0.05) is 6.42 Å². The SMILES string of the molecule is O=S(=O)(C[C@@H]1CCCCN1)c1ccnc(Cl)n1. The first-order chi connectivity index (χ1) is 8.08. The number of halogens is 1. The maximum atomic E-state index is 12.1. The summed E-state index contributed by atoms with van der Waals surface area (Å²) in [6.07, 6.45) is 4.42. The Hall–Kier alpha value is -0.720. The van der Waals surface area contributed by atoms with Crippen molar-refractivity contribution in [2.24, 2.45) is 0 Å². The second-order valence-corrected chi connectivity index (χ2v) is 6.41. The summed E-state index contributed by atoms with van der Waals surface area (Å²) >= 11 is 5.59. The van der Waals surface area contributed by atoms with Crippen LogP contribution in [-0.4, -0.2) is 36.7 Å². The second kappa shape index (κ2) is 5.29. The summed E-state index contributed by atoms with van der Waals surface area (Å²) in [4.78, 5) is 7.42. The van der Waals surface area contributed by atoms with Crippen molar-refractivity contribution in [2.45, 2.75) is 30.3 Å². The first-order valence-electron chi connectivity index (χ1n) is 5.52. The minimum Gasteiger partial charge on any atom is -0.313 e. The lowest BCUT2D eigenvalue weighted by Gasteiger charge is -2.22. The zero-order valence-corrected chi connectivity index (χ0v) is 10.8. The number of nitrogens with zero attached hydrogens (tertiary/aromatic N) is 2. The van der Waals surface area contributed by atoms with Crippen LogP contribution in [0.2, 0.25) is 5.28 Å². The van der Waals surface area contributed by atoms with Gasteiger partial charge in [0.15, 0.2) is 14.9 Å². The Kier molecular flexibility index (Phi) is 3.96. The summed E-state index contributed by atoms with van der Waals surface area (Å²) in [5.74, 6) is 0.0698. The smallest absolute Gasteiger partial charge is 0.223 e. The fraction of sp³-hybridized carbons (Fsp3) is 0.600. The number of aromatic nitrogens is 2. The van der Waals surface area contributed by atoms with Crippen LogP contribution in [0.1, 0.15) is 19.3 Å². The Morgan fingerprint density at radius 2 is 2.29 bits per heavy atom. The van der Waals surface area contributed by atoms with Gasteiger partial charge in [0.2, 0.25) is 5.28 Å². The molecule has 0 saturated carbocycles. The molecule has 1 aromatic rings. The normalized spacial score (nSPS) is 21.4. The lowest BCUT2D eigenvalue weighted by molar-refractivity contribution is 0.423. The van der Waals surface area contributed by atoms with E-state index in [2.05, 4.69) is 15.3 Å². The summed E-state index contributed by atoms with van der Waals surface area (Å²) in [5, 5.41) is 3.17. The highest BCUT2D eigenvalue weighted by Crippen LogP contribution is 2.15. The number of piperidine rings is 1. The van der Waals surface area contributed by atoms with Gasteiger partial charge >= 0.3 is 0 Å². The van der Waals surface area contributed by atoms with Crippen molar-refractivity contribution in [3.8, 4) is 0 Å². The van der Waals surface area contributed by atoms with Gasteiger partial charge in [0.05, 0.1) is 5.75 Å². The van der Waals surface area contributed by atoms with Crippen LogP contribution in [0.3, 0.4) is 0 Å². The molecule has 5 nitrogen and oxygen atoms in total. The van der Waals surface area contributed by atoms with Crippen molar-refractivity contribution < 1.29 is 8.42 Å². The monoisotopic (exact) mass is 275 g/mol. The van der Waals surface area contributed by atoms with E-state index in [9.17, 15) is 8.42 Å². The number of nitrogens with one attached hydrogen (secondary N) is 1. The molecule has 1 fully saturated rings. The first kappa shape index (κ1) is 12.7. The summed E-state index contributed by atoms with van der Waals surface area (Å²) in [5.41, 5.74) is 0. The van der Waals surface area contributed by atoms with Gasteiger partial charge in [-0.05, 0) is 37.1 Å². The Labute approximate surface area is 106 Å². The lowest BCUT2D eigenvalue weighted by Crippen LogP contribution is -2.39. The molecule has 0 aliphatic carbocycles. The van der Waals surface area contributed by atoms with E-state index in [1.54, 1.807) is 0 Å². The van der Waals surface area contributed by atoms with Crippen LogP contribution < -0.4 is 5.32 Å². The third-order valence-electron chi connectivity index (χ3n) is 2.75. The Balaban J connectivity index is 2.13. The highest BCUT2D eigenvalue weighted by atomic mass is 35.5. The van der Waals surface area contributed by atoms with Crippen LogP contribution in [0.25, 0.3) is 0 Å². The van der Waals surface area contributed by atoms with Crippen molar-refractivity contribution in [3.63, 3.8) is 0 Å². The van der Waals surface area contributed by atoms with E-state index in [0.717, 1.165) is 25.8 Å². The highest BCUT2D eigenvalue weighted by molar-refractivity contribution is 7.91. The molecule has 0 aromatic carbocycles. The van der Waals surface area contributed by atoms with Crippen LogP contribution in [-0.2, 0) is 9.84 Å². The predicted octanol–water partition coefficient (Wildman–Crippen LogP) is 1.05. The number of sulfone groups is 1. The number of rotatable bonds is 3. The molecule has 2 rings (SSSR count). The van der Waals surface area contributed by atoms with Crippen LogP contribution >= 0.6 is 11.6 Å². The van der Waals surface area contributed by atoms with E-state index < -0.39 is 9.84 Å². The molecule has 1 N–H and O–H groups in total. The van der Waals surface area contributed by atoms with Gasteiger partial charge in [-0.15, -0.1) is 0 Å². The van der Waals surface area contributed by atoms with Gasteiger partial charge < -0.3 is 5.32 Å². The van der Waals surface area contributed by atoms with Gasteiger partial charge in [-0.2, -0.15) is 0 Å². The lowest BCUT2D eigenvalue weighted by atomic mass is 10.1. The van der Waals surface area contributed by atoms with Gasteiger partial charge in [0, 0.05) is 12.2 Å². The molecule has 1 aliphatic heterocycles. The molecule has 17 heavy (non-hydrogen) atoms. The molecule has 0 amide bonds. The molecule has 0 spiro atoms. The van der Waals surface area contributed by atoms with Gasteiger partial charge in [-0.25, -0.2) is 18.4 Å². The number of hydrogen-bond acceptors (Lipinski definition) is 5. The third kappa shape index (κ3) is 3.37. The molecule has 0 unspecified atom stereocenters. The molecular formula is C10H14ClN3O2S. The van der Waals surface area contributed by atoms with Crippen LogP contribution in [0.4, 0.5) is 0 Å². The molecule has 1 atom stereocenters. The van der Waals surface area contributed by atoms with E-state index in [0.29, 0.717) is 0 Å². The standard InChI is InChI=1S/C10H14ClN3O2S/c11-10-13-6-4-9(14-10)17(15,16)7-8-3-1-2-5-12-8/h4,6,8,12H,1-3,5,7H2/t8-/m0/s1. The average Bonchev–Trinajstić information content (AvgIpc) is 2.30. The van der Waals surface area contributed by atoms with Gasteiger partial charge in [0.25, 0.3) is 0 Å². The fourth-order valence-corrected chi connectivity index (χ4v) is 3.59. The number of hydrogen-bond donors (Lipinski definition) is 1. The second-order valence-electron chi connectivity index (χ2n) is 4.09. The summed E-state index contributed by atoms with van der Waals surface area (Å²) < 4.78 is 24.1. The van der Waals surface area contributed by atoms with Crippen LogP contribution in [0.15, 0.2) is 17.3 Å². The summed E-state index contributed by atoms with van der Waals surface area (Å²) in [6, 6.07) is 1.40. The maximum Gasteiger partial charge on any atom is 0.223 e. The van der Waals surface area contributed by atoms with E-state index >= 15 is 0 Å². The Bertz CT molecular complexity index is 486. The van der Waals surface area contributed by atoms with E-state index in [1.807, 2.05) is 0 Å². The largest absolute Gasteiger partial charge is 0.313 e. The summed E-state index contributed by atoms with van der Waals surface area (Å²) in [6.45, 7) is 0.880. The Morgan fingerprint density at radius 3 is 2.94 bits per heavy atom. The van der Waals surface area contributed by atoms with Crippen LogP contribution in [0.5, 0.6) is 0 Å². The minimum absolute atomic E-state index is 0.00451. The molecule has 94 valence electrons. The molecule has 1 aliphatic rings. The van der Waals surface area contributed by atoms with Crippen molar-refractivity contribution in [1.29, 1.82) is 0 Å². The Morgan fingerprint density at radius 1 is 1.47 bits per heavy atom. The van der Waals surface area contributed by atoms with Gasteiger partial charge in [-0.3, -0.25) is 0 Å². The first-order valence-corrected chi connectivity index (χ1v) is 7.56. The van der Waals surface area contributed by atoms with Crippen molar-refractivity contribution in [3.05, 3.63) is 17.5 Å². The molecular weight excluding hydrogens is 262 g/mol. The fourth-order valence-electron chi connectivity index (χ4n) is 1.91. The van der Waals surface area contributed by atoms with E-state index in [-0.39, 0.29) is 22.1 Å². The predicted molar refractivity (Wildman–Crippen MR) is 64.7 cm³/mol. The molecule has 2 heterocycles. The van der Waals surface area contributed by atoms with Crippen molar-refractivity contribution in [2.75, 3.05) is 12.3 Å². The highest BCUT2D eigenvalue weighted by Gasteiger charge is 2.23. The molecule has 7 heteroatoms. The van der Waals surface area contributed by atoms with E-state index in [1.165, 1.54) is 12.3 Å². The zero-order valence-electron chi connectivity index (χ0n) is 9.26. The van der Waals surface area contributed by atoms with Crippen LogP contribution in [0, 0.1) is 0 Å². The third-order valence-corrected chi connectivity index (χ3v) is 4.64.